The lowest BCUT2D eigenvalue weighted by atomic mass is 9.99. The molecule has 0 amide bonds. The highest BCUT2D eigenvalue weighted by Gasteiger charge is 2.18. The molecule has 0 radical (unpaired) electrons. The molecule has 3 aromatic rings. The van der Waals surface area contributed by atoms with Crippen molar-refractivity contribution in [3.63, 3.8) is 0 Å². The number of aromatic nitrogens is 1. The summed E-state index contributed by atoms with van der Waals surface area (Å²) in [4.78, 5) is 4.46. The van der Waals surface area contributed by atoms with Gasteiger partial charge in [0.25, 0.3) is 10.0 Å². The molecule has 0 saturated carbocycles. The first-order valence-electron chi connectivity index (χ1n) is 8.41. The number of hydrogen-bond acceptors (Lipinski definition) is 3. The summed E-state index contributed by atoms with van der Waals surface area (Å²) in [6, 6.07) is 16.9. The maximum Gasteiger partial charge on any atom is 0.263 e. The lowest BCUT2D eigenvalue weighted by Gasteiger charge is -2.12. The van der Waals surface area contributed by atoms with Crippen LogP contribution in [0.1, 0.15) is 22.4 Å². The predicted molar refractivity (Wildman–Crippen MR) is 106 cm³/mol. The fourth-order valence-electron chi connectivity index (χ4n) is 2.84. The summed E-state index contributed by atoms with van der Waals surface area (Å²) in [6.45, 7) is 7.78. The second kappa shape index (κ2) is 6.92. The van der Waals surface area contributed by atoms with E-state index in [1.165, 1.54) is 11.1 Å². The van der Waals surface area contributed by atoms with Crippen LogP contribution in [-0.4, -0.2) is 13.4 Å². The standard InChI is InChI=1S/C21H22N2O2S/c1-14-8-9-18(12-15(14)2)19-10-11-20(16(3)13-19)26(24,25)23-21-7-5-6-17(4)22-21/h5-13H,1-4H3,(H,22,23). The van der Waals surface area contributed by atoms with Gasteiger partial charge in [0.1, 0.15) is 5.82 Å². The lowest BCUT2D eigenvalue weighted by Crippen LogP contribution is -2.15. The van der Waals surface area contributed by atoms with Crippen LogP contribution in [0.25, 0.3) is 11.1 Å². The largest absolute Gasteiger partial charge is 0.263 e. The van der Waals surface area contributed by atoms with E-state index in [1.54, 1.807) is 18.2 Å². The number of nitrogens with zero attached hydrogens (tertiary/aromatic N) is 1. The fourth-order valence-corrected chi connectivity index (χ4v) is 4.07. The van der Waals surface area contributed by atoms with Crippen molar-refractivity contribution in [2.75, 3.05) is 4.72 Å². The minimum Gasteiger partial charge on any atom is -0.263 e. The Bertz CT molecular complexity index is 1070. The first kappa shape index (κ1) is 18.1. The van der Waals surface area contributed by atoms with Gasteiger partial charge in [-0.05, 0) is 73.7 Å². The molecule has 0 spiro atoms. The molecule has 2 aromatic carbocycles. The summed E-state index contributed by atoms with van der Waals surface area (Å²) >= 11 is 0. The number of nitrogens with one attached hydrogen (secondary N) is 1. The molecule has 0 aliphatic carbocycles. The van der Waals surface area contributed by atoms with E-state index < -0.39 is 10.0 Å². The Balaban J connectivity index is 1.95. The highest BCUT2D eigenvalue weighted by molar-refractivity contribution is 7.92. The van der Waals surface area contributed by atoms with Crippen LogP contribution in [0, 0.1) is 27.7 Å². The van der Waals surface area contributed by atoms with Gasteiger partial charge in [0.15, 0.2) is 0 Å². The van der Waals surface area contributed by atoms with Gasteiger partial charge in [-0.2, -0.15) is 0 Å². The van der Waals surface area contributed by atoms with Crippen LogP contribution < -0.4 is 4.72 Å². The molecule has 1 aromatic heterocycles. The third kappa shape index (κ3) is 3.78. The second-order valence-electron chi connectivity index (χ2n) is 6.55. The number of rotatable bonds is 4. The number of hydrogen-bond donors (Lipinski definition) is 1. The van der Waals surface area contributed by atoms with Gasteiger partial charge in [-0.25, -0.2) is 13.4 Å². The molecular formula is C21H22N2O2S. The predicted octanol–water partition coefficient (Wildman–Crippen LogP) is 4.78. The van der Waals surface area contributed by atoms with Crippen molar-refractivity contribution in [1.29, 1.82) is 0 Å². The molecule has 26 heavy (non-hydrogen) atoms. The molecule has 0 atom stereocenters. The molecule has 0 saturated heterocycles. The molecule has 134 valence electrons. The van der Waals surface area contributed by atoms with E-state index in [0.29, 0.717) is 11.4 Å². The Morgan fingerprint density at radius 1 is 0.769 bits per heavy atom. The number of anilines is 1. The first-order chi connectivity index (χ1) is 12.3. The van der Waals surface area contributed by atoms with E-state index in [2.05, 4.69) is 41.8 Å². The topological polar surface area (TPSA) is 59.1 Å². The zero-order valence-corrected chi connectivity index (χ0v) is 16.2. The van der Waals surface area contributed by atoms with Gasteiger partial charge in [-0.3, -0.25) is 4.72 Å². The minimum atomic E-state index is -3.69. The van der Waals surface area contributed by atoms with Crippen LogP contribution in [0.2, 0.25) is 0 Å². The van der Waals surface area contributed by atoms with Gasteiger partial charge >= 0.3 is 0 Å². The lowest BCUT2D eigenvalue weighted by molar-refractivity contribution is 0.600. The van der Waals surface area contributed by atoms with Gasteiger partial charge in [-0.15, -0.1) is 0 Å². The number of sulfonamides is 1. The first-order valence-corrected chi connectivity index (χ1v) is 9.89. The highest BCUT2D eigenvalue weighted by Crippen LogP contribution is 2.27. The average molecular weight is 366 g/mol. The molecule has 5 heteroatoms. The maximum atomic E-state index is 12.7. The van der Waals surface area contributed by atoms with Crippen molar-refractivity contribution in [3.05, 3.63) is 77.0 Å². The summed E-state index contributed by atoms with van der Waals surface area (Å²) in [5, 5.41) is 0. The number of benzene rings is 2. The van der Waals surface area contributed by atoms with E-state index in [-0.39, 0.29) is 4.90 Å². The molecule has 0 aliphatic rings. The summed E-state index contributed by atoms with van der Waals surface area (Å²) in [6.07, 6.45) is 0. The zero-order valence-electron chi connectivity index (χ0n) is 15.4. The van der Waals surface area contributed by atoms with Gasteiger partial charge in [0.05, 0.1) is 4.90 Å². The summed E-state index contributed by atoms with van der Waals surface area (Å²) in [5.74, 6) is 0.322. The second-order valence-corrected chi connectivity index (χ2v) is 8.20. The van der Waals surface area contributed by atoms with E-state index in [4.69, 9.17) is 0 Å². The van der Waals surface area contributed by atoms with E-state index in [1.807, 2.05) is 32.0 Å². The third-order valence-corrected chi connectivity index (χ3v) is 5.95. The van der Waals surface area contributed by atoms with Gasteiger partial charge in [0.2, 0.25) is 0 Å². The Morgan fingerprint density at radius 3 is 2.04 bits per heavy atom. The van der Waals surface area contributed by atoms with Crippen LogP contribution in [0.5, 0.6) is 0 Å². The van der Waals surface area contributed by atoms with Crippen molar-refractivity contribution >= 4 is 15.8 Å². The summed E-state index contributed by atoms with van der Waals surface area (Å²) in [7, 11) is -3.69. The average Bonchev–Trinajstić information content (AvgIpc) is 2.56. The quantitative estimate of drug-likeness (QED) is 0.723. The van der Waals surface area contributed by atoms with Crippen molar-refractivity contribution < 1.29 is 8.42 Å². The number of aryl methyl sites for hydroxylation is 4. The van der Waals surface area contributed by atoms with Crippen molar-refractivity contribution in [2.45, 2.75) is 32.6 Å². The Morgan fingerprint density at radius 2 is 1.42 bits per heavy atom. The molecule has 0 bridgehead atoms. The SMILES string of the molecule is Cc1cccc(NS(=O)(=O)c2ccc(-c3ccc(C)c(C)c3)cc2C)n1. The van der Waals surface area contributed by atoms with E-state index >= 15 is 0 Å². The molecule has 1 heterocycles. The van der Waals surface area contributed by atoms with E-state index in [0.717, 1.165) is 16.8 Å². The van der Waals surface area contributed by atoms with Crippen molar-refractivity contribution in [3.8, 4) is 11.1 Å². The van der Waals surface area contributed by atoms with E-state index in [9.17, 15) is 8.42 Å². The molecule has 1 N–H and O–H groups in total. The van der Waals surface area contributed by atoms with Crippen LogP contribution >= 0.6 is 0 Å². The summed E-state index contributed by atoms with van der Waals surface area (Å²) < 4.78 is 28.0. The molecule has 3 rings (SSSR count). The normalized spacial score (nSPS) is 11.4. The number of pyridine rings is 1. The fraction of sp³-hybridized carbons (Fsp3) is 0.190. The van der Waals surface area contributed by atoms with Gasteiger partial charge in [0, 0.05) is 5.69 Å². The molecule has 0 unspecified atom stereocenters. The monoisotopic (exact) mass is 366 g/mol. The van der Waals surface area contributed by atoms with Gasteiger partial charge < -0.3 is 0 Å². The zero-order chi connectivity index (χ0) is 18.9. The van der Waals surface area contributed by atoms with Crippen LogP contribution in [-0.2, 0) is 10.0 Å². The van der Waals surface area contributed by atoms with Crippen molar-refractivity contribution in [1.82, 2.24) is 4.98 Å². The third-order valence-electron chi connectivity index (χ3n) is 4.43. The molecule has 0 fully saturated rings. The molecule has 0 aliphatic heterocycles. The van der Waals surface area contributed by atoms with Crippen LogP contribution in [0.4, 0.5) is 5.82 Å². The minimum absolute atomic E-state index is 0.258. The van der Waals surface area contributed by atoms with Crippen LogP contribution in [0.3, 0.4) is 0 Å². The Hall–Kier alpha value is -2.66. The Kier molecular flexibility index (Phi) is 4.83. The Labute approximate surface area is 155 Å². The highest BCUT2D eigenvalue weighted by atomic mass is 32.2. The smallest absolute Gasteiger partial charge is 0.263 e. The molecular weight excluding hydrogens is 344 g/mol. The molecule has 4 nitrogen and oxygen atoms in total. The van der Waals surface area contributed by atoms with Crippen molar-refractivity contribution in [2.24, 2.45) is 0 Å². The maximum absolute atomic E-state index is 12.7. The summed E-state index contributed by atoms with van der Waals surface area (Å²) in [5.41, 5.74) is 5.98. The van der Waals surface area contributed by atoms with Gasteiger partial charge in [-0.1, -0.05) is 36.4 Å². The van der Waals surface area contributed by atoms with Crippen LogP contribution in [0.15, 0.2) is 59.5 Å².